The summed E-state index contributed by atoms with van der Waals surface area (Å²) in [6.45, 7) is -0.680. The van der Waals surface area contributed by atoms with Crippen molar-refractivity contribution in [3.8, 4) is 28.7 Å². The van der Waals surface area contributed by atoms with E-state index in [1.807, 2.05) is 0 Å². The normalized spacial score (nSPS) is 25.7. The number of aromatic hydroxyl groups is 4. The quantitative estimate of drug-likeness (QED) is 0.162. The van der Waals surface area contributed by atoms with Crippen molar-refractivity contribution in [2.75, 3.05) is 6.61 Å². The van der Waals surface area contributed by atoms with Crippen LogP contribution in [0.15, 0.2) is 36.4 Å². The van der Waals surface area contributed by atoms with E-state index in [4.69, 9.17) is 9.47 Å². The highest BCUT2D eigenvalue weighted by atomic mass is 16.7. The topological polar surface area (TPSA) is 197 Å². The van der Waals surface area contributed by atoms with Crippen LogP contribution in [0.4, 0.5) is 0 Å². The van der Waals surface area contributed by atoms with Crippen molar-refractivity contribution in [1.29, 1.82) is 0 Å². The fourth-order valence-corrected chi connectivity index (χ4v) is 3.05. The summed E-state index contributed by atoms with van der Waals surface area (Å²) in [6.07, 6.45) is -5.49. The molecule has 8 N–H and O–H groups in total. The third kappa shape index (κ3) is 4.61. The zero-order chi connectivity index (χ0) is 23.6. The third-order valence-corrected chi connectivity index (χ3v) is 4.90. The molecule has 2 aromatic carbocycles. The molecule has 0 bridgehead atoms. The summed E-state index contributed by atoms with van der Waals surface area (Å²) >= 11 is 0. The fourth-order valence-electron chi connectivity index (χ4n) is 3.05. The summed E-state index contributed by atoms with van der Waals surface area (Å²) in [7, 11) is 0. The number of ketones is 1. The number of allylic oxidation sites excluding steroid dienone is 1. The molecule has 1 aliphatic heterocycles. The minimum absolute atomic E-state index is 0.289. The van der Waals surface area contributed by atoms with Crippen molar-refractivity contribution in [2.45, 2.75) is 30.7 Å². The number of phenols is 4. The lowest BCUT2D eigenvalue weighted by atomic mass is 9.99. The molecule has 0 saturated carbocycles. The van der Waals surface area contributed by atoms with Gasteiger partial charge in [0.1, 0.15) is 24.4 Å². The second-order valence-electron chi connectivity index (χ2n) is 7.07. The second-order valence-corrected chi connectivity index (χ2v) is 7.07. The van der Waals surface area contributed by atoms with Crippen molar-refractivity contribution in [3.05, 3.63) is 47.5 Å². The van der Waals surface area contributed by atoms with E-state index in [1.54, 1.807) is 0 Å². The first kappa shape index (κ1) is 23.3. The van der Waals surface area contributed by atoms with Crippen LogP contribution in [-0.4, -0.2) is 83.9 Å². The Kier molecular flexibility index (Phi) is 6.87. The molecule has 172 valence electrons. The van der Waals surface area contributed by atoms with Crippen LogP contribution in [0.1, 0.15) is 15.9 Å². The highest BCUT2D eigenvalue weighted by molar-refractivity contribution is 6.09. The van der Waals surface area contributed by atoms with Crippen LogP contribution in [0.25, 0.3) is 6.08 Å². The Morgan fingerprint density at radius 3 is 2.31 bits per heavy atom. The van der Waals surface area contributed by atoms with Gasteiger partial charge in [-0.15, -0.1) is 0 Å². The fraction of sp³-hybridized carbons (Fsp3) is 0.286. The maximum Gasteiger partial charge on any atom is 0.229 e. The highest BCUT2D eigenvalue weighted by Crippen LogP contribution is 2.40. The Bertz CT molecular complexity index is 1020. The number of benzene rings is 2. The van der Waals surface area contributed by atoms with Gasteiger partial charge in [0.2, 0.25) is 12.0 Å². The smallest absolute Gasteiger partial charge is 0.229 e. The van der Waals surface area contributed by atoms with Gasteiger partial charge in [-0.3, -0.25) is 4.79 Å². The molecule has 32 heavy (non-hydrogen) atoms. The molecule has 3 rings (SSSR count). The van der Waals surface area contributed by atoms with Gasteiger partial charge in [-0.25, -0.2) is 0 Å². The van der Waals surface area contributed by atoms with E-state index in [0.29, 0.717) is 5.56 Å². The van der Waals surface area contributed by atoms with Crippen LogP contribution in [0.3, 0.4) is 0 Å². The van der Waals surface area contributed by atoms with Crippen LogP contribution in [0, 0.1) is 0 Å². The number of ether oxygens (including phenoxy) is 2. The third-order valence-electron chi connectivity index (χ3n) is 4.90. The standard InChI is InChI=1S/C21H22O11/c22-8-15-18(28)19(29)20(30)21(32-15)31-14-6-3-10(16(26)17(14)27)11(23)4-1-9-2-5-12(24)13(25)7-9/h1-7,15,18-22,24-30H,8H2/b4-1-/t15-,18-,19+,20-,21-/m1/s1. The average Bonchev–Trinajstić information content (AvgIpc) is 2.77. The Morgan fingerprint density at radius 1 is 0.938 bits per heavy atom. The van der Waals surface area contributed by atoms with Gasteiger partial charge in [-0.2, -0.15) is 0 Å². The molecule has 0 unspecified atom stereocenters. The molecule has 1 aliphatic rings. The van der Waals surface area contributed by atoms with E-state index in [2.05, 4.69) is 0 Å². The van der Waals surface area contributed by atoms with Gasteiger partial charge in [-0.1, -0.05) is 12.1 Å². The summed E-state index contributed by atoms with van der Waals surface area (Å²) in [5.74, 6) is -3.47. The van der Waals surface area contributed by atoms with Gasteiger partial charge in [0.05, 0.1) is 12.2 Å². The lowest BCUT2D eigenvalue weighted by molar-refractivity contribution is -0.277. The molecular formula is C21H22O11. The largest absolute Gasteiger partial charge is 0.504 e. The molecule has 11 nitrogen and oxygen atoms in total. The molecule has 0 radical (unpaired) electrons. The van der Waals surface area contributed by atoms with Crippen molar-refractivity contribution in [2.24, 2.45) is 0 Å². The van der Waals surface area contributed by atoms with Gasteiger partial charge in [-0.05, 0) is 35.9 Å². The Labute approximate surface area is 181 Å². The molecule has 1 heterocycles. The van der Waals surface area contributed by atoms with Gasteiger partial charge in [0.15, 0.2) is 28.8 Å². The number of aliphatic hydroxyl groups excluding tert-OH is 4. The number of phenolic OH excluding ortho intramolecular Hbond substituents is 4. The van der Waals surface area contributed by atoms with E-state index in [-0.39, 0.29) is 17.1 Å². The van der Waals surface area contributed by atoms with Crippen LogP contribution in [-0.2, 0) is 4.74 Å². The van der Waals surface area contributed by atoms with Crippen molar-refractivity contribution in [3.63, 3.8) is 0 Å². The Morgan fingerprint density at radius 2 is 1.66 bits per heavy atom. The first-order chi connectivity index (χ1) is 15.1. The molecule has 1 fully saturated rings. The summed E-state index contributed by atoms with van der Waals surface area (Å²) in [6, 6.07) is 6.13. The van der Waals surface area contributed by atoms with E-state index in [9.17, 15) is 45.6 Å². The van der Waals surface area contributed by atoms with E-state index in [1.165, 1.54) is 24.3 Å². The van der Waals surface area contributed by atoms with Crippen LogP contribution < -0.4 is 4.74 Å². The SMILES string of the molecule is O=C(/C=C\c1ccc(O)c(O)c1)c1ccc(O[C@@H]2O[C@H](CO)[C@@H](O)[C@H](O)[C@H]2O)c(O)c1O. The van der Waals surface area contributed by atoms with E-state index in [0.717, 1.165) is 18.2 Å². The van der Waals surface area contributed by atoms with Crippen LogP contribution >= 0.6 is 0 Å². The first-order valence-electron chi connectivity index (χ1n) is 9.40. The highest BCUT2D eigenvalue weighted by Gasteiger charge is 2.45. The number of hydrogen-bond acceptors (Lipinski definition) is 11. The van der Waals surface area contributed by atoms with Gasteiger partial charge in [0.25, 0.3) is 0 Å². The van der Waals surface area contributed by atoms with E-state index >= 15 is 0 Å². The molecule has 5 atom stereocenters. The minimum Gasteiger partial charge on any atom is -0.504 e. The summed E-state index contributed by atoms with van der Waals surface area (Å²) in [5, 5.41) is 78.1. The molecule has 0 amide bonds. The number of aliphatic hydroxyl groups is 4. The van der Waals surface area contributed by atoms with Crippen LogP contribution in [0.5, 0.6) is 28.7 Å². The molecule has 0 aliphatic carbocycles. The van der Waals surface area contributed by atoms with Crippen LogP contribution in [0.2, 0.25) is 0 Å². The van der Waals surface area contributed by atoms with Gasteiger partial charge >= 0.3 is 0 Å². The predicted molar refractivity (Wildman–Crippen MR) is 107 cm³/mol. The molecule has 2 aromatic rings. The monoisotopic (exact) mass is 450 g/mol. The molecule has 11 heteroatoms. The van der Waals surface area contributed by atoms with Crippen molar-refractivity contribution < 1.29 is 55.1 Å². The maximum atomic E-state index is 12.4. The summed E-state index contributed by atoms with van der Waals surface area (Å²) < 4.78 is 10.4. The maximum absolute atomic E-state index is 12.4. The number of rotatable bonds is 6. The first-order valence-corrected chi connectivity index (χ1v) is 9.40. The van der Waals surface area contributed by atoms with Crippen molar-refractivity contribution >= 4 is 11.9 Å². The Balaban J connectivity index is 1.78. The number of carbonyl (C=O) groups is 1. The number of carbonyl (C=O) groups excluding carboxylic acids is 1. The van der Waals surface area contributed by atoms with Crippen molar-refractivity contribution in [1.82, 2.24) is 0 Å². The Hall–Kier alpha value is -3.35. The zero-order valence-electron chi connectivity index (χ0n) is 16.4. The molecule has 0 aromatic heterocycles. The van der Waals surface area contributed by atoms with E-state index < -0.39 is 60.3 Å². The lowest BCUT2D eigenvalue weighted by Crippen LogP contribution is -2.60. The minimum atomic E-state index is -1.74. The summed E-state index contributed by atoms with van der Waals surface area (Å²) in [4.78, 5) is 12.4. The average molecular weight is 450 g/mol. The summed E-state index contributed by atoms with van der Waals surface area (Å²) in [5.41, 5.74) is 0.0998. The molecular weight excluding hydrogens is 428 g/mol. The lowest BCUT2D eigenvalue weighted by Gasteiger charge is -2.39. The predicted octanol–water partition coefficient (Wildman–Crippen LogP) is -0.416. The molecule has 0 spiro atoms. The van der Waals surface area contributed by atoms with Gasteiger partial charge < -0.3 is 50.3 Å². The molecule has 1 saturated heterocycles. The van der Waals surface area contributed by atoms with Gasteiger partial charge in [0, 0.05) is 0 Å². The zero-order valence-corrected chi connectivity index (χ0v) is 16.4. The number of hydrogen-bond donors (Lipinski definition) is 8. The second kappa shape index (κ2) is 9.42.